The van der Waals surface area contributed by atoms with Crippen molar-refractivity contribution in [1.82, 2.24) is 0 Å². The molecular weight excluding hydrogens is 285 g/mol. The van der Waals surface area contributed by atoms with E-state index < -0.39 is 5.97 Å². The van der Waals surface area contributed by atoms with Gasteiger partial charge in [0, 0.05) is 0 Å². The van der Waals surface area contributed by atoms with Crippen LogP contribution in [0.25, 0.3) is 0 Å². The van der Waals surface area contributed by atoms with E-state index in [0.29, 0.717) is 5.69 Å². The van der Waals surface area contributed by atoms with Gasteiger partial charge in [-0.3, -0.25) is 9.59 Å². The van der Waals surface area contributed by atoms with E-state index in [9.17, 15) is 9.59 Å². The lowest BCUT2D eigenvalue weighted by Crippen LogP contribution is -2.14. The molecule has 1 rings (SSSR count). The normalized spacial score (nSPS) is 10.1. The molecule has 0 unspecified atom stereocenters. The largest absolute Gasteiger partial charge is 0.459 e. The standard InChI is InChI=1S/C10H11Cl2NO3S/c1-6-5-17-7(4-16-9(15)3-12)10(6)13-8(14)2-11/h5H,2-4H2,1H3,(H,13,14). The van der Waals surface area contributed by atoms with Gasteiger partial charge >= 0.3 is 5.97 Å². The van der Waals surface area contributed by atoms with Gasteiger partial charge in [-0.05, 0) is 17.9 Å². The van der Waals surface area contributed by atoms with Gasteiger partial charge in [-0.15, -0.1) is 34.5 Å². The predicted molar refractivity (Wildman–Crippen MR) is 68.9 cm³/mol. The molecule has 1 heterocycles. The summed E-state index contributed by atoms with van der Waals surface area (Å²) in [4.78, 5) is 22.9. The van der Waals surface area contributed by atoms with Crippen LogP contribution in [-0.4, -0.2) is 23.6 Å². The van der Waals surface area contributed by atoms with Gasteiger partial charge in [0.2, 0.25) is 5.91 Å². The van der Waals surface area contributed by atoms with E-state index in [2.05, 4.69) is 5.32 Å². The summed E-state index contributed by atoms with van der Waals surface area (Å²) in [6, 6.07) is 0. The average Bonchev–Trinajstić information content (AvgIpc) is 2.67. The molecule has 17 heavy (non-hydrogen) atoms. The molecule has 0 atom stereocenters. The smallest absolute Gasteiger partial charge is 0.321 e. The minimum absolute atomic E-state index is 0.0992. The molecule has 0 saturated carbocycles. The van der Waals surface area contributed by atoms with Crippen LogP contribution in [0.1, 0.15) is 10.4 Å². The van der Waals surface area contributed by atoms with Crippen molar-refractivity contribution in [2.75, 3.05) is 17.1 Å². The lowest BCUT2D eigenvalue weighted by molar-refractivity contribution is -0.141. The van der Waals surface area contributed by atoms with Crippen LogP contribution in [0.5, 0.6) is 0 Å². The lowest BCUT2D eigenvalue weighted by atomic mass is 10.2. The van der Waals surface area contributed by atoms with Gasteiger partial charge in [0.15, 0.2) is 0 Å². The van der Waals surface area contributed by atoms with Gasteiger partial charge in [-0.2, -0.15) is 0 Å². The molecule has 0 aliphatic carbocycles. The highest BCUT2D eigenvalue weighted by Crippen LogP contribution is 2.28. The Morgan fingerprint density at radius 1 is 1.41 bits per heavy atom. The maximum absolute atomic E-state index is 11.2. The molecule has 1 amide bonds. The fourth-order valence-electron chi connectivity index (χ4n) is 1.13. The number of aryl methyl sites for hydroxylation is 1. The Bertz CT molecular complexity index is 420. The molecule has 1 aromatic rings. The summed E-state index contributed by atoms with van der Waals surface area (Å²) in [5.41, 5.74) is 1.56. The number of ether oxygens (including phenoxy) is 1. The van der Waals surface area contributed by atoms with Crippen molar-refractivity contribution in [2.24, 2.45) is 0 Å². The lowest BCUT2D eigenvalue weighted by Gasteiger charge is -2.07. The highest BCUT2D eigenvalue weighted by atomic mass is 35.5. The molecule has 0 spiro atoms. The average molecular weight is 296 g/mol. The fraction of sp³-hybridized carbons (Fsp3) is 0.400. The Morgan fingerprint density at radius 3 is 2.71 bits per heavy atom. The Hall–Kier alpha value is -0.780. The minimum Gasteiger partial charge on any atom is -0.459 e. The number of hydrogen-bond acceptors (Lipinski definition) is 4. The number of rotatable bonds is 5. The van der Waals surface area contributed by atoms with E-state index in [1.165, 1.54) is 11.3 Å². The SMILES string of the molecule is Cc1csc(COC(=O)CCl)c1NC(=O)CCl. The van der Waals surface area contributed by atoms with E-state index in [0.717, 1.165) is 10.4 Å². The maximum Gasteiger partial charge on any atom is 0.321 e. The summed E-state index contributed by atoms with van der Waals surface area (Å²) in [5, 5.41) is 4.53. The zero-order chi connectivity index (χ0) is 12.8. The number of anilines is 1. The van der Waals surface area contributed by atoms with Crippen LogP contribution in [0.15, 0.2) is 5.38 Å². The first-order valence-electron chi connectivity index (χ1n) is 4.72. The van der Waals surface area contributed by atoms with Gasteiger partial charge < -0.3 is 10.1 Å². The molecule has 4 nitrogen and oxygen atoms in total. The van der Waals surface area contributed by atoms with E-state index >= 15 is 0 Å². The summed E-state index contributed by atoms with van der Waals surface area (Å²) < 4.78 is 4.90. The first kappa shape index (κ1) is 14.3. The number of thiophene rings is 1. The summed E-state index contributed by atoms with van der Waals surface area (Å²) in [5.74, 6) is -1.09. The first-order valence-corrected chi connectivity index (χ1v) is 6.67. The van der Waals surface area contributed by atoms with Crippen molar-refractivity contribution in [3.05, 3.63) is 15.8 Å². The topological polar surface area (TPSA) is 55.4 Å². The number of esters is 1. The van der Waals surface area contributed by atoms with E-state index in [1.54, 1.807) is 0 Å². The van der Waals surface area contributed by atoms with Gasteiger partial charge in [0.1, 0.15) is 18.4 Å². The molecule has 94 valence electrons. The van der Waals surface area contributed by atoms with Gasteiger partial charge in [-0.1, -0.05) is 0 Å². The highest BCUT2D eigenvalue weighted by Gasteiger charge is 2.13. The first-order chi connectivity index (χ1) is 8.08. The second-order valence-electron chi connectivity index (χ2n) is 3.19. The summed E-state index contributed by atoms with van der Waals surface area (Å²) in [7, 11) is 0. The Kier molecular flexibility index (Phi) is 5.74. The molecule has 0 aromatic carbocycles. The van der Waals surface area contributed by atoms with Crippen molar-refractivity contribution in [2.45, 2.75) is 13.5 Å². The van der Waals surface area contributed by atoms with Crippen LogP contribution in [0.3, 0.4) is 0 Å². The van der Waals surface area contributed by atoms with Crippen molar-refractivity contribution < 1.29 is 14.3 Å². The van der Waals surface area contributed by atoms with Crippen molar-refractivity contribution in [3.8, 4) is 0 Å². The molecule has 1 aromatic heterocycles. The number of halogens is 2. The molecule has 0 bridgehead atoms. The maximum atomic E-state index is 11.2. The summed E-state index contributed by atoms with van der Waals surface area (Å²) >= 11 is 12.1. The van der Waals surface area contributed by atoms with E-state index in [-0.39, 0.29) is 24.3 Å². The zero-order valence-electron chi connectivity index (χ0n) is 9.09. The third-order valence-corrected chi connectivity index (χ3v) is 3.45. The molecule has 7 heteroatoms. The summed E-state index contributed by atoms with van der Waals surface area (Å²) in [6.07, 6.45) is 0. The quantitative estimate of drug-likeness (QED) is 0.671. The van der Waals surface area contributed by atoms with Crippen molar-refractivity contribution in [3.63, 3.8) is 0 Å². The van der Waals surface area contributed by atoms with Crippen LogP contribution in [0.2, 0.25) is 0 Å². The van der Waals surface area contributed by atoms with Crippen LogP contribution < -0.4 is 5.32 Å². The molecule has 0 radical (unpaired) electrons. The minimum atomic E-state index is -0.493. The van der Waals surface area contributed by atoms with Crippen LogP contribution in [-0.2, 0) is 20.9 Å². The number of alkyl halides is 2. The van der Waals surface area contributed by atoms with Crippen LogP contribution in [0.4, 0.5) is 5.69 Å². The van der Waals surface area contributed by atoms with Crippen LogP contribution in [0, 0.1) is 6.92 Å². The number of nitrogens with one attached hydrogen (secondary N) is 1. The molecule has 0 saturated heterocycles. The zero-order valence-corrected chi connectivity index (χ0v) is 11.4. The monoisotopic (exact) mass is 295 g/mol. The summed E-state index contributed by atoms with van der Waals surface area (Å²) in [6.45, 7) is 1.95. The molecule has 0 aliphatic heterocycles. The van der Waals surface area contributed by atoms with E-state index in [1.807, 2.05) is 12.3 Å². The van der Waals surface area contributed by atoms with Crippen LogP contribution >= 0.6 is 34.5 Å². The Labute approximate surface area is 113 Å². The van der Waals surface area contributed by atoms with Crippen molar-refractivity contribution >= 4 is 52.1 Å². The molecule has 0 fully saturated rings. The Balaban J connectivity index is 2.72. The molecule has 1 N–H and O–H groups in total. The number of amides is 1. The van der Waals surface area contributed by atoms with Gasteiger partial charge in [0.25, 0.3) is 0 Å². The predicted octanol–water partition coefficient (Wildman–Crippen LogP) is 2.52. The number of carbonyl (C=O) groups excluding carboxylic acids is 2. The number of carbonyl (C=O) groups is 2. The fourth-order valence-corrected chi connectivity index (χ4v) is 2.17. The highest BCUT2D eigenvalue weighted by molar-refractivity contribution is 7.10. The molecular formula is C10H11Cl2NO3S. The third-order valence-electron chi connectivity index (χ3n) is 1.91. The van der Waals surface area contributed by atoms with E-state index in [4.69, 9.17) is 27.9 Å². The van der Waals surface area contributed by atoms with Crippen molar-refractivity contribution in [1.29, 1.82) is 0 Å². The molecule has 0 aliphatic rings. The van der Waals surface area contributed by atoms with Gasteiger partial charge in [-0.25, -0.2) is 0 Å². The Morgan fingerprint density at radius 2 is 2.12 bits per heavy atom. The second-order valence-corrected chi connectivity index (χ2v) is 4.69. The number of hydrogen-bond donors (Lipinski definition) is 1. The second kappa shape index (κ2) is 6.83. The third kappa shape index (κ3) is 4.18. The van der Waals surface area contributed by atoms with Gasteiger partial charge in [0.05, 0.1) is 10.6 Å².